The Bertz CT molecular complexity index is 572. The van der Waals surface area contributed by atoms with Gasteiger partial charge in [0.2, 0.25) is 0 Å². The molecule has 1 aromatic carbocycles. The van der Waals surface area contributed by atoms with Crippen LogP contribution in [0.1, 0.15) is 141 Å². The van der Waals surface area contributed by atoms with Crippen LogP contribution in [-0.2, 0) is 11.2 Å². The molecule has 0 aliphatic rings. The molecule has 0 radical (unpaired) electrons. The Balaban J connectivity index is 0.00000103. The van der Waals surface area contributed by atoms with Crippen molar-refractivity contribution in [3.63, 3.8) is 0 Å². The average Bonchev–Trinajstić information content (AvgIpc) is 2.87. The summed E-state index contributed by atoms with van der Waals surface area (Å²) >= 11 is 0. The topological polar surface area (TPSA) is 40.5 Å². The quantitative estimate of drug-likeness (QED) is 0.151. The number of rotatable bonds is 23. The molecule has 0 amide bonds. The summed E-state index contributed by atoms with van der Waals surface area (Å²) in [4.78, 5) is 12.7. The van der Waals surface area contributed by atoms with E-state index in [0.29, 0.717) is 0 Å². The van der Waals surface area contributed by atoms with Gasteiger partial charge in [0.1, 0.15) is 0 Å². The smallest absolute Gasteiger partial charge is 0.306 e. The fraction of sp³-hybridized carbons (Fsp3) is 0.788. The predicted molar refractivity (Wildman–Crippen MR) is 159 cm³/mol. The lowest BCUT2D eigenvalue weighted by Crippen LogP contribution is -2.12. The molecule has 1 rings (SSSR count). The van der Waals surface area contributed by atoms with E-state index in [9.17, 15) is 4.79 Å². The minimum absolute atomic E-state index is 0.111. The van der Waals surface area contributed by atoms with Crippen molar-refractivity contribution in [1.82, 2.24) is 4.90 Å². The van der Waals surface area contributed by atoms with Gasteiger partial charge in [0.25, 0.3) is 0 Å². The molecule has 1 N–H and O–H groups in total. The predicted octanol–water partition coefficient (Wildman–Crippen LogP) is 9.93. The highest BCUT2D eigenvalue weighted by Gasteiger charge is 2.12. The molecule has 0 saturated heterocycles. The van der Waals surface area contributed by atoms with Gasteiger partial charge >= 0.3 is 5.97 Å². The molecule has 1 unspecified atom stereocenters. The first-order chi connectivity index (χ1) is 17.5. The lowest BCUT2D eigenvalue weighted by Gasteiger charge is -2.08. The number of carboxylic acid groups (broad SMARTS) is 1. The molecule has 0 fully saturated rings. The van der Waals surface area contributed by atoms with Crippen molar-refractivity contribution < 1.29 is 9.90 Å². The van der Waals surface area contributed by atoms with Gasteiger partial charge in [-0.2, -0.15) is 0 Å². The largest absolute Gasteiger partial charge is 0.481 e. The molecule has 1 aromatic rings. The van der Waals surface area contributed by atoms with E-state index in [-0.39, 0.29) is 5.92 Å². The second kappa shape index (κ2) is 26.7. The third-order valence-corrected chi connectivity index (χ3v) is 7.16. The number of hydrogen-bond acceptors (Lipinski definition) is 2. The number of hydrogen-bond donors (Lipinski definition) is 1. The minimum Gasteiger partial charge on any atom is -0.481 e. The van der Waals surface area contributed by atoms with Gasteiger partial charge in [-0.1, -0.05) is 140 Å². The molecule has 3 nitrogen and oxygen atoms in total. The third-order valence-electron chi connectivity index (χ3n) is 7.16. The number of carboxylic acids is 1. The molecule has 0 spiro atoms. The van der Waals surface area contributed by atoms with Crippen molar-refractivity contribution in [3.8, 4) is 0 Å². The van der Waals surface area contributed by atoms with Gasteiger partial charge in [0.05, 0.1) is 5.92 Å². The number of aliphatic carboxylic acids is 1. The van der Waals surface area contributed by atoms with E-state index in [1.54, 1.807) is 0 Å². The van der Waals surface area contributed by atoms with Crippen LogP contribution in [0.3, 0.4) is 0 Å². The van der Waals surface area contributed by atoms with E-state index < -0.39 is 5.97 Å². The van der Waals surface area contributed by atoms with Gasteiger partial charge in [-0.15, -0.1) is 0 Å². The van der Waals surface area contributed by atoms with Crippen LogP contribution >= 0.6 is 0 Å². The summed E-state index contributed by atoms with van der Waals surface area (Å²) in [6, 6.07) is 10.9. The first-order valence-corrected chi connectivity index (χ1v) is 15.4. The molecule has 0 saturated carbocycles. The second-order valence-electron chi connectivity index (χ2n) is 10.9. The maximum Gasteiger partial charge on any atom is 0.306 e. The normalized spacial score (nSPS) is 11.8. The SMILES string of the molecule is CCCCC(CC)C(=O)O.CN(C)CCCCCCCCCCCCCCCCCc1ccccc1. The summed E-state index contributed by atoms with van der Waals surface area (Å²) in [6.07, 6.45) is 26.6. The maximum atomic E-state index is 10.4. The van der Waals surface area contributed by atoms with Crippen molar-refractivity contribution in [2.45, 2.75) is 142 Å². The Hall–Kier alpha value is -1.35. The Morgan fingerprint density at radius 3 is 1.53 bits per heavy atom. The van der Waals surface area contributed by atoms with E-state index >= 15 is 0 Å². The zero-order valence-corrected chi connectivity index (χ0v) is 24.6. The van der Waals surface area contributed by atoms with E-state index in [0.717, 1.165) is 25.7 Å². The number of carbonyl (C=O) groups is 1. The van der Waals surface area contributed by atoms with E-state index in [1.165, 1.54) is 115 Å². The summed E-state index contributed by atoms with van der Waals surface area (Å²) in [5, 5.41) is 8.60. The Morgan fingerprint density at radius 2 is 1.14 bits per heavy atom. The monoisotopic (exact) mass is 503 g/mol. The molecule has 210 valence electrons. The van der Waals surface area contributed by atoms with Gasteiger partial charge in [0, 0.05) is 0 Å². The van der Waals surface area contributed by atoms with Gasteiger partial charge < -0.3 is 10.0 Å². The van der Waals surface area contributed by atoms with Crippen LogP contribution in [0, 0.1) is 5.92 Å². The van der Waals surface area contributed by atoms with Crippen molar-refractivity contribution in [3.05, 3.63) is 35.9 Å². The van der Waals surface area contributed by atoms with Crippen LogP contribution < -0.4 is 0 Å². The van der Waals surface area contributed by atoms with Crippen molar-refractivity contribution in [2.75, 3.05) is 20.6 Å². The molecule has 0 heterocycles. The summed E-state index contributed by atoms with van der Waals surface area (Å²) in [6.45, 7) is 5.26. The molecule has 36 heavy (non-hydrogen) atoms. The average molecular weight is 504 g/mol. The first kappa shape index (κ1) is 34.6. The Morgan fingerprint density at radius 1 is 0.694 bits per heavy atom. The number of benzene rings is 1. The summed E-state index contributed by atoms with van der Waals surface area (Å²) < 4.78 is 0. The van der Waals surface area contributed by atoms with Gasteiger partial charge in [-0.05, 0) is 58.3 Å². The van der Waals surface area contributed by atoms with Crippen LogP contribution in [0.25, 0.3) is 0 Å². The minimum atomic E-state index is -0.643. The molecule has 0 bridgehead atoms. The highest BCUT2D eigenvalue weighted by Crippen LogP contribution is 2.14. The lowest BCUT2D eigenvalue weighted by atomic mass is 10.00. The van der Waals surface area contributed by atoms with Gasteiger partial charge in [-0.25, -0.2) is 0 Å². The zero-order chi connectivity index (χ0) is 26.7. The van der Waals surface area contributed by atoms with E-state index in [1.807, 2.05) is 6.92 Å². The van der Waals surface area contributed by atoms with Crippen molar-refractivity contribution in [2.24, 2.45) is 5.92 Å². The number of nitrogens with zero attached hydrogens (tertiary/aromatic N) is 1. The van der Waals surface area contributed by atoms with Crippen LogP contribution in [-0.4, -0.2) is 36.6 Å². The van der Waals surface area contributed by atoms with Crippen LogP contribution in [0.15, 0.2) is 30.3 Å². The highest BCUT2D eigenvalue weighted by molar-refractivity contribution is 5.69. The highest BCUT2D eigenvalue weighted by atomic mass is 16.4. The van der Waals surface area contributed by atoms with Crippen LogP contribution in [0.5, 0.6) is 0 Å². The zero-order valence-electron chi connectivity index (χ0n) is 24.6. The summed E-state index contributed by atoms with van der Waals surface area (Å²) in [7, 11) is 4.35. The van der Waals surface area contributed by atoms with Gasteiger partial charge in [-0.3, -0.25) is 4.79 Å². The standard InChI is InChI=1S/C25H45N.C8H16O2/c1-26(2)24-20-15-13-11-9-7-5-3-4-6-8-10-12-14-17-21-25-22-18-16-19-23-25;1-3-5-6-7(4-2)8(9)10/h16,18-19,22-23H,3-15,17,20-21,24H2,1-2H3;7H,3-6H2,1-2H3,(H,9,10). The van der Waals surface area contributed by atoms with Crippen LogP contribution in [0.2, 0.25) is 0 Å². The maximum absolute atomic E-state index is 10.4. The Kier molecular flexibility index (Phi) is 25.7. The first-order valence-electron chi connectivity index (χ1n) is 15.4. The fourth-order valence-electron chi connectivity index (χ4n) is 4.65. The Labute approximate surface area is 225 Å². The molecular weight excluding hydrogens is 442 g/mol. The third kappa shape index (κ3) is 24.3. The number of unbranched alkanes of at least 4 members (excludes halogenated alkanes) is 15. The summed E-state index contributed by atoms with van der Waals surface area (Å²) in [5.74, 6) is -0.754. The molecule has 0 aliphatic heterocycles. The molecule has 0 aromatic heterocycles. The van der Waals surface area contributed by atoms with Crippen molar-refractivity contribution in [1.29, 1.82) is 0 Å². The summed E-state index contributed by atoms with van der Waals surface area (Å²) in [5.41, 5.74) is 1.50. The van der Waals surface area contributed by atoms with Crippen LogP contribution in [0.4, 0.5) is 0 Å². The molecule has 1 atom stereocenters. The fourth-order valence-corrected chi connectivity index (χ4v) is 4.65. The molecule has 0 aliphatic carbocycles. The molecule has 3 heteroatoms. The second-order valence-corrected chi connectivity index (χ2v) is 10.9. The van der Waals surface area contributed by atoms with Gasteiger partial charge in [0.15, 0.2) is 0 Å². The van der Waals surface area contributed by atoms with E-state index in [2.05, 4.69) is 56.3 Å². The lowest BCUT2D eigenvalue weighted by molar-refractivity contribution is -0.142. The number of aryl methyl sites for hydroxylation is 1. The van der Waals surface area contributed by atoms with Crippen molar-refractivity contribution >= 4 is 5.97 Å². The molecular formula is C33H61NO2. The van der Waals surface area contributed by atoms with E-state index in [4.69, 9.17) is 5.11 Å².